The van der Waals surface area contributed by atoms with Gasteiger partial charge < -0.3 is 16.0 Å². The highest BCUT2D eigenvalue weighted by Crippen LogP contribution is 2.49. The topological polar surface area (TPSA) is 66.0 Å². The molecule has 2 bridgehead atoms. The molecule has 1 aromatic heterocycles. The van der Waals surface area contributed by atoms with Gasteiger partial charge in [0.2, 0.25) is 5.91 Å². The molecule has 3 aliphatic rings. The zero-order chi connectivity index (χ0) is 16.8. The maximum absolute atomic E-state index is 12.4. The fourth-order valence-corrected chi connectivity index (χ4v) is 5.38. The van der Waals surface area contributed by atoms with Crippen LogP contribution in [0.4, 0.5) is 17.1 Å². The number of nitrogens with zero attached hydrogens (tertiary/aromatic N) is 1. The SMILES string of the molecule is O=C(CC1C[C@@H]2CC[C@H]1C2)Nc1ccc2c(c1)NC(c1cscn1)N2. The minimum absolute atomic E-state index is 0.00115. The molecule has 2 unspecified atom stereocenters. The van der Waals surface area contributed by atoms with E-state index in [0.717, 1.165) is 34.6 Å². The van der Waals surface area contributed by atoms with Gasteiger partial charge in [0.05, 0.1) is 22.6 Å². The van der Waals surface area contributed by atoms with Gasteiger partial charge >= 0.3 is 0 Å². The third kappa shape index (κ3) is 2.88. The van der Waals surface area contributed by atoms with Crippen LogP contribution in [0.25, 0.3) is 0 Å². The highest BCUT2D eigenvalue weighted by atomic mass is 32.1. The Morgan fingerprint density at radius 1 is 1.24 bits per heavy atom. The first-order valence-corrected chi connectivity index (χ1v) is 10.0. The number of rotatable bonds is 4. The smallest absolute Gasteiger partial charge is 0.224 e. The molecule has 1 aromatic carbocycles. The van der Waals surface area contributed by atoms with E-state index in [0.29, 0.717) is 12.3 Å². The number of aromatic nitrogens is 1. The zero-order valence-corrected chi connectivity index (χ0v) is 14.8. The molecule has 1 aliphatic heterocycles. The summed E-state index contributed by atoms with van der Waals surface area (Å²) in [6.45, 7) is 0. The molecule has 0 radical (unpaired) electrons. The molecular formula is C19H22N4OS. The second-order valence-corrected chi connectivity index (χ2v) is 8.30. The normalized spacial score (nSPS) is 29.1. The Morgan fingerprint density at radius 3 is 2.92 bits per heavy atom. The van der Waals surface area contributed by atoms with Crippen LogP contribution < -0.4 is 16.0 Å². The average Bonchev–Trinajstić information content (AvgIpc) is 3.37. The van der Waals surface area contributed by atoms with Crippen molar-refractivity contribution < 1.29 is 4.79 Å². The number of fused-ring (bicyclic) bond motifs is 3. The van der Waals surface area contributed by atoms with Gasteiger partial charge in [-0.1, -0.05) is 6.42 Å². The second kappa shape index (κ2) is 6.02. The van der Waals surface area contributed by atoms with Crippen molar-refractivity contribution in [3.63, 3.8) is 0 Å². The van der Waals surface area contributed by atoms with Crippen LogP contribution in [0.1, 0.15) is 44.0 Å². The molecule has 6 heteroatoms. The Kier molecular flexibility index (Phi) is 3.66. The summed E-state index contributed by atoms with van der Waals surface area (Å²) in [6.07, 6.45) is 5.99. The summed E-state index contributed by atoms with van der Waals surface area (Å²) in [6, 6.07) is 5.99. The van der Waals surface area contributed by atoms with Crippen molar-refractivity contribution in [1.29, 1.82) is 0 Å². The van der Waals surface area contributed by atoms with E-state index in [-0.39, 0.29) is 12.1 Å². The van der Waals surface area contributed by atoms with Crippen LogP contribution in [0.3, 0.4) is 0 Å². The molecule has 2 fully saturated rings. The second-order valence-electron chi connectivity index (χ2n) is 7.58. The minimum Gasteiger partial charge on any atom is -0.359 e. The largest absolute Gasteiger partial charge is 0.359 e. The Balaban J connectivity index is 1.23. The first-order valence-electron chi connectivity index (χ1n) is 9.09. The lowest BCUT2D eigenvalue weighted by Crippen LogP contribution is -2.20. The predicted octanol–water partition coefficient (Wildman–Crippen LogP) is 4.44. The van der Waals surface area contributed by atoms with Gasteiger partial charge in [-0.3, -0.25) is 4.79 Å². The third-order valence-electron chi connectivity index (χ3n) is 5.98. The van der Waals surface area contributed by atoms with Crippen molar-refractivity contribution in [2.75, 3.05) is 16.0 Å². The fourth-order valence-electron chi connectivity index (χ4n) is 4.80. The van der Waals surface area contributed by atoms with Crippen LogP contribution in [0, 0.1) is 17.8 Å². The Morgan fingerprint density at radius 2 is 2.16 bits per heavy atom. The summed E-state index contributed by atoms with van der Waals surface area (Å²) >= 11 is 1.59. The Hall–Kier alpha value is -2.08. The van der Waals surface area contributed by atoms with Gasteiger partial charge in [0.25, 0.3) is 0 Å². The number of amides is 1. The highest BCUT2D eigenvalue weighted by Gasteiger charge is 2.40. The molecule has 5 rings (SSSR count). The summed E-state index contributed by atoms with van der Waals surface area (Å²) in [4.78, 5) is 16.8. The third-order valence-corrected chi connectivity index (χ3v) is 6.59. The van der Waals surface area contributed by atoms with E-state index in [9.17, 15) is 4.79 Å². The van der Waals surface area contributed by atoms with Crippen molar-refractivity contribution in [1.82, 2.24) is 4.98 Å². The monoisotopic (exact) mass is 354 g/mol. The summed E-state index contributed by atoms with van der Waals surface area (Å²) in [5.74, 6) is 2.43. The van der Waals surface area contributed by atoms with Gasteiger partial charge in [0, 0.05) is 17.5 Å². The summed E-state index contributed by atoms with van der Waals surface area (Å²) in [5, 5.41) is 12.0. The van der Waals surface area contributed by atoms with Crippen molar-refractivity contribution in [2.24, 2.45) is 17.8 Å². The molecule has 2 aromatic rings. The number of benzene rings is 1. The molecule has 2 aliphatic carbocycles. The molecule has 3 N–H and O–H groups in total. The number of thiazole rings is 1. The number of anilines is 3. The van der Waals surface area contributed by atoms with E-state index in [1.807, 2.05) is 29.1 Å². The first kappa shape index (κ1) is 15.2. The summed E-state index contributed by atoms with van der Waals surface area (Å²) < 4.78 is 0. The molecule has 2 saturated carbocycles. The van der Waals surface area contributed by atoms with Crippen LogP contribution >= 0.6 is 11.3 Å². The average molecular weight is 354 g/mol. The number of carbonyl (C=O) groups excluding carboxylic acids is 1. The lowest BCUT2D eigenvalue weighted by molar-refractivity contribution is -0.117. The zero-order valence-electron chi connectivity index (χ0n) is 14.0. The van der Waals surface area contributed by atoms with Crippen molar-refractivity contribution in [3.8, 4) is 0 Å². The predicted molar refractivity (Wildman–Crippen MR) is 101 cm³/mol. The maximum Gasteiger partial charge on any atom is 0.224 e. The number of carbonyl (C=O) groups is 1. The lowest BCUT2D eigenvalue weighted by Gasteiger charge is -2.21. The molecule has 130 valence electrons. The molecule has 0 saturated heterocycles. The van der Waals surface area contributed by atoms with Gasteiger partial charge in [-0.25, -0.2) is 4.98 Å². The molecule has 5 nitrogen and oxygen atoms in total. The Bertz CT molecular complexity index is 791. The van der Waals surface area contributed by atoms with E-state index < -0.39 is 0 Å². The highest BCUT2D eigenvalue weighted by molar-refractivity contribution is 7.07. The van der Waals surface area contributed by atoms with Crippen molar-refractivity contribution in [2.45, 2.75) is 38.3 Å². The van der Waals surface area contributed by atoms with E-state index in [1.165, 1.54) is 25.7 Å². The van der Waals surface area contributed by atoms with Gasteiger partial charge in [0.1, 0.15) is 6.17 Å². The standard InChI is InChI=1S/C19H22N4OS/c24-18(7-13-6-11-1-2-12(13)5-11)21-14-3-4-15-16(8-14)23-19(22-15)17-9-25-10-20-17/h3-4,8-13,19,22-23H,1-2,5-7H2,(H,21,24)/t11-,12+,13?,19?/m1/s1. The van der Waals surface area contributed by atoms with Crippen LogP contribution in [0.15, 0.2) is 29.1 Å². The maximum atomic E-state index is 12.4. The van der Waals surface area contributed by atoms with Crippen LogP contribution in [0.5, 0.6) is 0 Å². The van der Waals surface area contributed by atoms with E-state index in [4.69, 9.17) is 0 Å². The van der Waals surface area contributed by atoms with E-state index in [1.54, 1.807) is 11.3 Å². The van der Waals surface area contributed by atoms with Crippen LogP contribution in [-0.4, -0.2) is 10.9 Å². The lowest BCUT2D eigenvalue weighted by atomic mass is 9.86. The fraction of sp³-hybridized carbons (Fsp3) is 0.474. The van der Waals surface area contributed by atoms with Gasteiger partial charge in [-0.15, -0.1) is 11.3 Å². The number of nitrogens with one attached hydrogen (secondary N) is 3. The van der Waals surface area contributed by atoms with Crippen LogP contribution in [-0.2, 0) is 4.79 Å². The summed E-state index contributed by atoms with van der Waals surface area (Å²) in [5.41, 5.74) is 5.74. The van der Waals surface area contributed by atoms with E-state index in [2.05, 4.69) is 20.9 Å². The molecule has 25 heavy (non-hydrogen) atoms. The van der Waals surface area contributed by atoms with Crippen LogP contribution in [0.2, 0.25) is 0 Å². The van der Waals surface area contributed by atoms with Gasteiger partial charge in [-0.05, 0) is 55.2 Å². The molecule has 2 heterocycles. The van der Waals surface area contributed by atoms with Gasteiger partial charge in [-0.2, -0.15) is 0 Å². The summed E-state index contributed by atoms with van der Waals surface area (Å²) in [7, 11) is 0. The quantitative estimate of drug-likeness (QED) is 0.759. The molecule has 1 amide bonds. The van der Waals surface area contributed by atoms with Crippen molar-refractivity contribution >= 4 is 34.3 Å². The Labute approximate surface area is 151 Å². The van der Waals surface area contributed by atoms with E-state index >= 15 is 0 Å². The van der Waals surface area contributed by atoms with Crippen molar-refractivity contribution in [3.05, 3.63) is 34.8 Å². The minimum atomic E-state index is 0.00115. The molecule has 0 spiro atoms. The molecular weight excluding hydrogens is 332 g/mol. The first-order chi connectivity index (χ1) is 12.2. The molecule has 4 atom stereocenters. The van der Waals surface area contributed by atoms with Gasteiger partial charge in [0.15, 0.2) is 0 Å². The number of hydrogen-bond acceptors (Lipinski definition) is 5. The number of hydrogen-bond donors (Lipinski definition) is 3.